The Morgan fingerprint density at radius 1 is 1.24 bits per heavy atom. The van der Waals surface area contributed by atoms with Crippen molar-refractivity contribution >= 4 is 11.5 Å². The molecular weight excluding hydrogens is 312 g/mol. The number of anilines is 1. The molecule has 0 aromatic heterocycles. The summed E-state index contributed by atoms with van der Waals surface area (Å²) in [4.78, 5) is 15.0. The number of piperidine rings is 2. The van der Waals surface area contributed by atoms with Crippen molar-refractivity contribution in [2.45, 2.75) is 50.1 Å². The molecule has 4 nitrogen and oxygen atoms in total. The first-order valence-electron chi connectivity index (χ1n) is 9.99. The van der Waals surface area contributed by atoms with Crippen LogP contribution in [0.5, 0.6) is 0 Å². The molecule has 3 heterocycles. The van der Waals surface area contributed by atoms with E-state index in [0.717, 1.165) is 25.8 Å². The molecule has 2 saturated heterocycles. The van der Waals surface area contributed by atoms with Gasteiger partial charge < -0.3 is 10.4 Å². The lowest BCUT2D eigenvalue weighted by atomic mass is 9.63. The predicted molar refractivity (Wildman–Crippen MR) is 97.6 cm³/mol. The zero-order chi connectivity index (χ0) is 17.0. The highest BCUT2D eigenvalue weighted by Crippen LogP contribution is 2.49. The van der Waals surface area contributed by atoms with Gasteiger partial charge in [0, 0.05) is 36.2 Å². The molecule has 1 saturated carbocycles. The highest BCUT2D eigenvalue weighted by Gasteiger charge is 2.50. The Balaban J connectivity index is 1.41. The first-order valence-corrected chi connectivity index (χ1v) is 9.99. The van der Waals surface area contributed by atoms with Gasteiger partial charge in [-0.2, -0.15) is 0 Å². The van der Waals surface area contributed by atoms with E-state index in [1.54, 1.807) is 0 Å². The third-order valence-corrected chi connectivity index (χ3v) is 7.49. The van der Waals surface area contributed by atoms with Crippen LogP contribution in [-0.2, 0) is 4.79 Å². The maximum absolute atomic E-state index is 12.3. The number of carbonyl (C=O) groups is 1. The Hall–Kier alpha value is -1.39. The van der Waals surface area contributed by atoms with E-state index in [0.29, 0.717) is 29.8 Å². The topological polar surface area (TPSA) is 52.6 Å². The number of para-hydroxylation sites is 1. The Bertz CT molecular complexity index is 676. The van der Waals surface area contributed by atoms with Gasteiger partial charge in [-0.15, -0.1) is 0 Å². The van der Waals surface area contributed by atoms with Gasteiger partial charge in [-0.3, -0.25) is 9.69 Å². The number of fused-ring (bicyclic) bond motifs is 6. The summed E-state index contributed by atoms with van der Waals surface area (Å²) in [5.41, 5.74) is 2.80. The molecule has 0 bridgehead atoms. The normalized spacial score (nSPS) is 39.6. The van der Waals surface area contributed by atoms with Gasteiger partial charge in [0.2, 0.25) is 0 Å². The molecular formula is C21H28N2O2. The predicted octanol–water partition coefficient (Wildman–Crippen LogP) is 2.64. The number of hydrogen-bond acceptors (Lipinski definition) is 4. The van der Waals surface area contributed by atoms with Crippen LogP contribution in [0.1, 0.15) is 43.6 Å². The van der Waals surface area contributed by atoms with Crippen LogP contribution >= 0.6 is 0 Å². The molecule has 4 aliphatic rings. The molecule has 1 aromatic carbocycles. The highest BCUT2D eigenvalue weighted by molar-refractivity contribution is 5.82. The number of benzene rings is 1. The van der Waals surface area contributed by atoms with Gasteiger partial charge in [0.05, 0.1) is 0 Å². The Morgan fingerprint density at radius 2 is 2.12 bits per heavy atom. The van der Waals surface area contributed by atoms with E-state index in [9.17, 15) is 9.90 Å². The molecule has 2 N–H and O–H groups in total. The zero-order valence-electron chi connectivity index (χ0n) is 14.7. The third-order valence-electron chi connectivity index (χ3n) is 7.49. The van der Waals surface area contributed by atoms with E-state index in [-0.39, 0.29) is 18.3 Å². The second kappa shape index (κ2) is 6.10. The lowest BCUT2D eigenvalue weighted by Gasteiger charge is -2.53. The summed E-state index contributed by atoms with van der Waals surface area (Å²) < 4.78 is 0. The number of ketones is 1. The Kier molecular flexibility index (Phi) is 3.86. The van der Waals surface area contributed by atoms with Crippen molar-refractivity contribution in [1.29, 1.82) is 0 Å². The highest BCUT2D eigenvalue weighted by atomic mass is 16.3. The molecule has 5 rings (SSSR count). The molecule has 1 aromatic rings. The number of carbonyl (C=O) groups excluding carboxylic acids is 1. The van der Waals surface area contributed by atoms with Crippen molar-refractivity contribution in [2.75, 3.05) is 25.0 Å². The third kappa shape index (κ3) is 2.45. The monoisotopic (exact) mass is 340 g/mol. The summed E-state index contributed by atoms with van der Waals surface area (Å²) in [5.74, 6) is 1.91. The van der Waals surface area contributed by atoms with Crippen molar-refractivity contribution in [2.24, 2.45) is 17.8 Å². The number of Topliss-reactive ketones (excluding diaryl/α,β-unsaturated/α-hetero) is 1. The van der Waals surface area contributed by atoms with Crippen LogP contribution in [0.2, 0.25) is 0 Å². The fraction of sp³-hybridized carbons (Fsp3) is 0.667. The molecule has 4 heteroatoms. The summed E-state index contributed by atoms with van der Waals surface area (Å²) in [5, 5.41) is 13.2. The van der Waals surface area contributed by atoms with Gasteiger partial charge in [-0.1, -0.05) is 24.6 Å². The molecule has 25 heavy (non-hydrogen) atoms. The van der Waals surface area contributed by atoms with E-state index >= 15 is 0 Å². The minimum atomic E-state index is -0.280. The lowest BCUT2D eigenvalue weighted by Crippen LogP contribution is -2.60. The van der Waals surface area contributed by atoms with Gasteiger partial charge in [0.25, 0.3) is 0 Å². The number of rotatable bonds is 2. The number of aliphatic hydroxyl groups is 1. The first-order chi connectivity index (χ1) is 12.3. The average Bonchev–Trinajstić information content (AvgIpc) is 3.04. The molecule has 6 atom stereocenters. The summed E-state index contributed by atoms with van der Waals surface area (Å²) in [6.07, 6.45) is 5.73. The molecule has 0 spiro atoms. The van der Waals surface area contributed by atoms with Crippen molar-refractivity contribution in [3.8, 4) is 0 Å². The molecule has 0 radical (unpaired) electrons. The van der Waals surface area contributed by atoms with Crippen LogP contribution in [0.15, 0.2) is 24.3 Å². The van der Waals surface area contributed by atoms with E-state index < -0.39 is 0 Å². The van der Waals surface area contributed by atoms with Crippen LogP contribution in [0.4, 0.5) is 5.69 Å². The smallest absolute Gasteiger partial charge is 0.161 e. The van der Waals surface area contributed by atoms with Crippen LogP contribution < -0.4 is 5.32 Å². The van der Waals surface area contributed by atoms with Crippen LogP contribution in [0.25, 0.3) is 0 Å². The van der Waals surface area contributed by atoms with Gasteiger partial charge >= 0.3 is 0 Å². The summed E-state index contributed by atoms with van der Waals surface area (Å²) in [7, 11) is 0. The molecule has 134 valence electrons. The summed E-state index contributed by atoms with van der Waals surface area (Å²) in [6.45, 7) is 2.05. The van der Waals surface area contributed by atoms with Crippen LogP contribution in [-0.4, -0.2) is 47.6 Å². The largest absolute Gasteiger partial charge is 0.389 e. The second-order valence-electron chi connectivity index (χ2n) is 8.54. The molecule has 3 unspecified atom stereocenters. The minimum absolute atomic E-state index is 0.0816. The molecule has 3 aliphatic heterocycles. The van der Waals surface area contributed by atoms with E-state index in [1.807, 2.05) is 0 Å². The Morgan fingerprint density at radius 3 is 3.00 bits per heavy atom. The fourth-order valence-corrected chi connectivity index (χ4v) is 6.38. The minimum Gasteiger partial charge on any atom is -0.389 e. The first kappa shape index (κ1) is 15.8. The number of nitrogens with one attached hydrogen (secondary N) is 1. The molecule has 0 amide bonds. The van der Waals surface area contributed by atoms with E-state index in [2.05, 4.69) is 34.5 Å². The number of hydrogen-bond donors (Lipinski definition) is 2. The molecule has 1 aliphatic carbocycles. The van der Waals surface area contributed by atoms with Crippen molar-refractivity contribution in [3.63, 3.8) is 0 Å². The standard InChI is InChI=1S/C21H28N2O2/c24-12-20(25)15-6-3-4-13-11-23-9-8-16-14-5-1-2-7-18(14)22-21(16)19(23)10-17(13)15/h1-2,5,7,13,15-17,19,21-22,24H,3-4,6,8-12H2/t13-,15?,16?,17-,19-,21?/m0/s1. The Labute approximate surface area is 149 Å². The van der Waals surface area contributed by atoms with Gasteiger partial charge in [0.15, 0.2) is 5.78 Å². The quantitative estimate of drug-likeness (QED) is 0.869. The van der Waals surface area contributed by atoms with Crippen LogP contribution in [0, 0.1) is 17.8 Å². The maximum Gasteiger partial charge on any atom is 0.161 e. The number of aliphatic hydroxyl groups excluding tert-OH is 1. The van der Waals surface area contributed by atoms with Crippen molar-refractivity contribution in [3.05, 3.63) is 29.8 Å². The van der Waals surface area contributed by atoms with Gasteiger partial charge in [-0.25, -0.2) is 0 Å². The van der Waals surface area contributed by atoms with Crippen molar-refractivity contribution in [1.82, 2.24) is 4.90 Å². The molecule has 3 fully saturated rings. The fourth-order valence-electron chi connectivity index (χ4n) is 6.38. The van der Waals surface area contributed by atoms with Gasteiger partial charge in [0.1, 0.15) is 6.61 Å². The maximum atomic E-state index is 12.3. The van der Waals surface area contributed by atoms with E-state index in [1.165, 1.54) is 30.6 Å². The van der Waals surface area contributed by atoms with Crippen molar-refractivity contribution < 1.29 is 9.90 Å². The zero-order valence-corrected chi connectivity index (χ0v) is 14.7. The second-order valence-corrected chi connectivity index (χ2v) is 8.54. The SMILES string of the molecule is O=C(CO)C1CCC[C@H]2CN3CCC4c5ccccc5NC4[C@@H]3C[C@H]12. The van der Waals surface area contributed by atoms with Crippen LogP contribution in [0.3, 0.4) is 0 Å². The number of nitrogens with zero attached hydrogens (tertiary/aromatic N) is 1. The summed E-state index contributed by atoms with van der Waals surface area (Å²) >= 11 is 0. The lowest BCUT2D eigenvalue weighted by molar-refractivity contribution is -0.132. The van der Waals surface area contributed by atoms with Gasteiger partial charge in [-0.05, 0) is 55.7 Å². The van der Waals surface area contributed by atoms with E-state index in [4.69, 9.17) is 0 Å². The summed E-state index contributed by atoms with van der Waals surface area (Å²) in [6, 6.07) is 9.78. The average molecular weight is 340 g/mol.